The number of hydrogen-bond acceptors (Lipinski definition) is 2. The third-order valence-corrected chi connectivity index (χ3v) is 6.92. The molecule has 0 radical (unpaired) electrons. The molecule has 24 heavy (non-hydrogen) atoms. The molecular formula is C18H27BrN4O. The van der Waals surface area contributed by atoms with E-state index in [2.05, 4.69) is 33.3 Å². The molecule has 0 atom stereocenters. The lowest BCUT2D eigenvalue weighted by Crippen LogP contribution is -2.61. The highest BCUT2D eigenvalue weighted by atomic mass is 79.9. The molecule has 4 aliphatic carbocycles. The maximum Gasteiger partial charge on any atom is 0.317 e. The van der Waals surface area contributed by atoms with E-state index in [0.717, 1.165) is 34.5 Å². The molecule has 6 heteroatoms. The number of urea groups is 1. The van der Waals surface area contributed by atoms with Gasteiger partial charge < -0.3 is 10.2 Å². The standard InChI is InChI=1S/C18H27BrN4O/c1-3-23-10-15(19)16(21-23)11-22(2)17(24)20-18-7-12-4-13(8-18)6-14(5-12)9-18/h10,12-14H,3-9,11H2,1-2H3,(H,20,24). The second kappa shape index (κ2) is 6.04. The number of carbonyl (C=O) groups is 1. The first kappa shape index (κ1) is 16.4. The van der Waals surface area contributed by atoms with Gasteiger partial charge in [0.1, 0.15) is 0 Å². The van der Waals surface area contributed by atoms with Crippen LogP contribution < -0.4 is 5.32 Å². The third kappa shape index (κ3) is 2.98. The zero-order chi connectivity index (χ0) is 16.9. The van der Waals surface area contributed by atoms with Crippen LogP contribution in [0.3, 0.4) is 0 Å². The minimum atomic E-state index is 0.0508. The van der Waals surface area contributed by atoms with E-state index in [1.165, 1.54) is 38.5 Å². The molecule has 1 aromatic rings. The lowest BCUT2D eigenvalue weighted by molar-refractivity contribution is -0.0154. The van der Waals surface area contributed by atoms with Gasteiger partial charge in [-0.25, -0.2) is 4.79 Å². The molecular weight excluding hydrogens is 368 g/mol. The van der Waals surface area contributed by atoms with Crippen LogP contribution in [0.1, 0.15) is 51.1 Å². The minimum absolute atomic E-state index is 0.0508. The van der Waals surface area contributed by atoms with Crippen LogP contribution in [0.4, 0.5) is 4.79 Å². The number of halogens is 1. The number of rotatable bonds is 4. The fourth-order valence-electron chi connectivity index (χ4n) is 5.59. The Balaban J connectivity index is 1.41. The van der Waals surface area contributed by atoms with Gasteiger partial charge in [-0.15, -0.1) is 0 Å². The van der Waals surface area contributed by atoms with E-state index in [1.807, 2.05) is 17.9 Å². The predicted octanol–water partition coefficient (Wildman–Crippen LogP) is 3.78. The summed E-state index contributed by atoms with van der Waals surface area (Å²) in [6.07, 6.45) is 9.72. The summed E-state index contributed by atoms with van der Waals surface area (Å²) in [7, 11) is 1.87. The maximum absolute atomic E-state index is 12.8. The molecule has 0 aromatic carbocycles. The van der Waals surface area contributed by atoms with Crippen LogP contribution in [0, 0.1) is 17.8 Å². The Morgan fingerprint density at radius 2 is 1.92 bits per heavy atom. The molecule has 1 N–H and O–H groups in total. The van der Waals surface area contributed by atoms with Crippen molar-refractivity contribution in [3.8, 4) is 0 Å². The molecule has 1 aromatic heterocycles. The van der Waals surface area contributed by atoms with Gasteiger partial charge in [-0.05, 0) is 79.1 Å². The molecule has 0 aliphatic heterocycles. The summed E-state index contributed by atoms with van der Waals surface area (Å²) in [4.78, 5) is 14.6. The number of amides is 2. The Bertz CT molecular complexity index is 606. The molecule has 0 saturated heterocycles. The molecule has 132 valence electrons. The molecule has 4 saturated carbocycles. The van der Waals surface area contributed by atoms with Crippen molar-refractivity contribution in [2.24, 2.45) is 17.8 Å². The molecule has 0 spiro atoms. The van der Waals surface area contributed by atoms with E-state index in [1.54, 1.807) is 4.90 Å². The summed E-state index contributed by atoms with van der Waals surface area (Å²) in [5.41, 5.74) is 0.986. The van der Waals surface area contributed by atoms with Crippen LogP contribution >= 0.6 is 15.9 Å². The van der Waals surface area contributed by atoms with Crippen LogP contribution in [-0.4, -0.2) is 33.3 Å². The molecule has 4 fully saturated rings. The van der Waals surface area contributed by atoms with Gasteiger partial charge in [0.25, 0.3) is 0 Å². The van der Waals surface area contributed by atoms with E-state index in [0.29, 0.717) is 6.54 Å². The Morgan fingerprint density at radius 1 is 1.33 bits per heavy atom. The Hall–Kier alpha value is -1.04. The number of nitrogens with zero attached hydrogens (tertiary/aromatic N) is 3. The third-order valence-electron chi connectivity index (χ3n) is 6.26. The second-order valence-electron chi connectivity index (χ2n) is 8.26. The van der Waals surface area contributed by atoms with Gasteiger partial charge in [-0.3, -0.25) is 4.68 Å². The average molecular weight is 395 g/mol. The largest absolute Gasteiger partial charge is 0.333 e. The summed E-state index contributed by atoms with van der Waals surface area (Å²) in [5, 5.41) is 7.95. The molecule has 2 amide bonds. The van der Waals surface area contributed by atoms with Crippen LogP contribution in [0.25, 0.3) is 0 Å². The lowest BCUT2D eigenvalue weighted by atomic mass is 9.53. The Morgan fingerprint density at radius 3 is 2.42 bits per heavy atom. The van der Waals surface area contributed by atoms with Gasteiger partial charge in [0, 0.05) is 25.3 Å². The van der Waals surface area contributed by atoms with Crippen LogP contribution in [-0.2, 0) is 13.1 Å². The summed E-state index contributed by atoms with van der Waals surface area (Å²) >= 11 is 3.55. The van der Waals surface area contributed by atoms with Crippen LogP contribution in [0.15, 0.2) is 10.7 Å². The van der Waals surface area contributed by atoms with Crippen molar-refractivity contribution >= 4 is 22.0 Å². The van der Waals surface area contributed by atoms with Crippen molar-refractivity contribution < 1.29 is 4.79 Å². The zero-order valence-electron chi connectivity index (χ0n) is 14.6. The summed E-state index contributed by atoms with van der Waals surface area (Å²) < 4.78 is 2.86. The van der Waals surface area contributed by atoms with E-state index < -0.39 is 0 Å². The minimum Gasteiger partial charge on any atom is -0.333 e. The highest BCUT2D eigenvalue weighted by Gasteiger charge is 2.51. The summed E-state index contributed by atoms with van der Waals surface area (Å²) in [6.45, 7) is 3.43. The number of aryl methyl sites for hydroxylation is 1. The number of hydrogen-bond donors (Lipinski definition) is 1. The summed E-state index contributed by atoms with van der Waals surface area (Å²) in [6, 6.07) is 0.0508. The van der Waals surface area contributed by atoms with Gasteiger partial charge >= 0.3 is 6.03 Å². The van der Waals surface area contributed by atoms with E-state index in [9.17, 15) is 4.79 Å². The van der Waals surface area contributed by atoms with Crippen molar-refractivity contribution in [2.45, 2.75) is 64.1 Å². The Labute approximate surface area is 152 Å². The number of aromatic nitrogens is 2. The van der Waals surface area contributed by atoms with E-state index in [-0.39, 0.29) is 11.6 Å². The number of nitrogens with one attached hydrogen (secondary N) is 1. The fourth-order valence-corrected chi connectivity index (χ4v) is 6.03. The Kier molecular flexibility index (Phi) is 4.14. The SMILES string of the molecule is CCn1cc(Br)c(CN(C)C(=O)NC23CC4CC(CC(C4)C2)C3)n1. The van der Waals surface area contributed by atoms with Gasteiger partial charge in [0.15, 0.2) is 0 Å². The second-order valence-corrected chi connectivity index (χ2v) is 9.12. The highest BCUT2D eigenvalue weighted by Crippen LogP contribution is 2.55. The van der Waals surface area contributed by atoms with E-state index >= 15 is 0 Å². The predicted molar refractivity (Wildman–Crippen MR) is 96.5 cm³/mol. The van der Waals surface area contributed by atoms with Crippen molar-refractivity contribution in [3.63, 3.8) is 0 Å². The monoisotopic (exact) mass is 394 g/mol. The van der Waals surface area contributed by atoms with Crippen molar-refractivity contribution in [1.29, 1.82) is 0 Å². The van der Waals surface area contributed by atoms with Gasteiger partial charge in [-0.1, -0.05) is 0 Å². The molecule has 5 nitrogen and oxygen atoms in total. The molecule has 1 heterocycles. The van der Waals surface area contributed by atoms with E-state index in [4.69, 9.17) is 0 Å². The normalized spacial score (nSPS) is 33.7. The first-order chi connectivity index (χ1) is 11.5. The van der Waals surface area contributed by atoms with Crippen molar-refractivity contribution in [2.75, 3.05) is 7.05 Å². The first-order valence-electron chi connectivity index (χ1n) is 9.21. The highest BCUT2D eigenvalue weighted by molar-refractivity contribution is 9.10. The molecule has 4 aliphatic rings. The summed E-state index contributed by atoms with van der Waals surface area (Å²) in [5.74, 6) is 2.53. The topological polar surface area (TPSA) is 50.2 Å². The smallest absolute Gasteiger partial charge is 0.317 e. The molecule has 0 unspecified atom stereocenters. The van der Waals surface area contributed by atoms with Crippen molar-refractivity contribution in [3.05, 3.63) is 16.4 Å². The van der Waals surface area contributed by atoms with Gasteiger partial charge in [-0.2, -0.15) is 5.10 Å². The fraction of sp³-hybridized carbons (Fsp3) is 0.778. The average Bonchev–Trinajstić information content (AvgIpc) is 2.85. The van der Waals surface area contributed by atoms with Gasteiger partial charge in [0.2, 0.25) is 0 Å². The van der Waals surface area contributed by atoms with Crippen LogP contribution in [0.5, 0.6) is 0 Å². The quantitative estimate of drug-likeness (QED) is 0.844. The maximum atomic E-state index is 12.8. The zero-order valence-corrected chi connectivity index (χ0v) is 16.2. The number of carbonyl (C=O) groups excluding carboxylic acids is 1. The molecule has 4 bridgehead atoms. The van der Waals surface area contributed by atoms with Crippen molar-refractivity contribution in [1.82, 2.24) is 20.0 Å². The lowest BCUT2D eigenvalue weighted by Gasteiger charge is -2.57. The molecule has 5 rings (SSSR count). The van der Waals surface area contributed by atoms with Gasteiger partial charge in [0.05, 0.1) is 16.7 Å². The first-order valence-corrected chi connectivity index (χ1v) is 10.0. The van der Waals surface area contributed by atoms with Crippen LogP contribution in [0.2, 0.25) is 0 Å².